The summed E-state index contributed by atoms with van der Waals surface area (Å²) in [6, 6.07) is 27.5. The van der Waals surface area contributed by atoms with Gasteiger partial charge in [-0.25, -0.2) is 0 Å². The molecule has 4 aromatic rings. The van der Waals surface area contributed by atoms with Crippen molar-refractivity contribution < 1.29 is 4.58 Å². The Morgan fingerprint density at radius 3 is 1.32 bits per heavy atom. The zero-order chi connectivity index (χ0) is 51.4. The topological polar surface area (TPSA) is 6.25 Å². The van der Waals surface area contributed by atoms with Crippen LogP contribution in [-0.4, -0.2) is 23.4 Å². The van der Waals surface area contributed by atoms with Crippen molar-refractivity contribution in [3.8, 4) is 0 Å². The number of benzene rings is 4. The Hall–Kier alpha value is -4.17. The van der Waals surface area contributed by atoms with Crippen molar-refractivity contribution in [1.82, 2.24) is 0 Å². The zero-order valence-corrected chi connectivity index (χ0v) is 47.9. The molecule has 0 atom stereocenters. The van der Waals surface area contributed by atoms with Gasteiger partial charge in [0.25, 0.3) is 0 Å². The van der Waals surface area contributed by atoms with Crippen LogP contribution in [0.1, 0.15) is 258 Å². The lowest BCUT2D eigenvalue weighted by atomic mass is 9.79. The van der Waals surface area contributed by atoms with Gasteiger partial charge in [0.2, 0.25) is 5.69 Å². The van der Waals surface area contributed by atoms with Crippen LogP contribution in [0.15, 0.2) is 121 Å². The summed E-state index contributed by atoms with van der Waals surface area (Å²) in [5, 5.41) is 5.47. The number of nitrogens with zero attached hydrogens (tertiary/aromatic N) is 2. The van der Waals surface area contributed by atoms with Crippen LogP contribution >= 0.6 is 0 Å². The lowest BCUT2D eigenvalue weighted by Crippen LogP contribution is -2.28. The van der Waals surface area contributed by atoms with Crippen LogP contribution in [0.4, 0.5) is 11.4 Å². The molecule has 2 aliphatic rings. The van der Waals surface area contributed by atoms with Crippen LogP contribution < -0.4 is 4.90 Å². The molecule has 2 heteroatoms. The molecule has 0 N–H and O–H groups in total. The quantitative estimate of drug-likeness (QED) is 0.0246. The number of hydrogen-bond donors (Lipinski definition) is 0. The van der Waals surface area contributed by atoms with Crippen LogP contribution in [0.25, 0.3) is 21.5 Å². The number of allylic oxidation sites excluding steroid dienone is 8. The molecular weight excluding hydrogens is 881 g/mol. The summed E-state index contributed by atoms with van der Waals surface area (Å²) in [5.41, 5.74) is 8.42. The van der Waals surface area contributed by atoms with E-state index in [0.717, 1.165) is 13.1 Å². The highest BCUT2D eigenvalue weighted by Gasteiger charge is 2.45. The molecule has 0 saturated carbocycles. The molecule has 0 spiro atoms. The Kier molecular flexibility index (Phi) is 25.7. The van der Waals surface area contributed by atoms with E-state index >= 15 is 0 Å². The maximum Gasteiger partial charge on any atom is 0.210 e. The van der Waals surface area contributed by atoms with Crippen LogP contribution in [0, 0.1) is 0 Å². The van der Waals surface area contributed by atoms with Gasteiger partial charge in [0, 0.05) is 47.5 Å². The van der Waals surface area contributed by atoms with Gasteiger partial charge in [-0.15, -0.1) is 0 Å². The van der Waals surface area contributed by atoms with E-state index in [0.29, 0.717) is 0 Å². The predicted octanol–water partition coefficient (Wildman–Crippen LogP) is 22.2. The fourth-order valence-corrected chi connectivity index (χ4v) is 12.7. The van der Waals surface area contributed by atoms with E-state index in [9.17, 15) is 0 Å². The molecule has 0 bridgehead atoms. The summed E-state index contributed by atoms with van der Waals surface area (Å²) >= 11 is 0. The van der Waals surface area contributed by atoms with E-state index in [1.807, 2.05) is 0 Å². The molecule has 0 aromatic heterocycles. The molecule has 0 fully saturated rings. The van der Waals surface area contributed by atoms with Crippen molar-refractivity contribution in [2.45, 2.75) is 258 Å². The minimum absolute atomic E-state index is 0.0832. The third kappa shape index (κ3) is 17.4. The molecule has 0 unspecified atom stereocenters. The van der Waals surface area contributed by atoms with Crippen molar-refractivity contribution in [3.05, 3.63) is 132 Å². The Morgan fingerprint density at radius 2 is 0.808 bits per heavy atom. The van der Waals surface area contributed by atoms with Crippen LogP contribution in [0.2, 0.25) is 0 Å². The second kappa shape index (κ2) is 32.3. The van der Waals surface area contributed by atoms with Gasteiger partial charge in [-0.05, 0) is 72.0 Å². The number of rotatable bonds is 38. The van der Waals surface area contributed by atoms with Crippen molar-refractivity contribution in [2.24, 2.45) is 0 Å². The van der Waals surface area contributed by atoms with Gasteiger partial charge < -0.3 is 4.90 Å². The van der Waals surface area contributed by atoms with E-state index in [1.165, 1.54) is 261 Å². The molecule has 0 amide bonds. The summed E-state index contributed by atoms with van der Waals surface area (Å²) < 4.78 is 2.66. The average molecular weight is 987 g/mol. The van der Waals surface area contributed by atoms with Crippen molar-refractivity contribution >= 4 is 38.6 Å². The van der Waals surface area contributed by atoms with E-state index < -0.39 is 0 Å². The summed E-state index contributed by atoms with van der Waals surface area (Å²) in [7, 11) is 0. The molecule has 2 heterocycles. The summed E-state index contributed by atoms with van der Waals surface area (Å²) in [5.74, 6) is 0. The highest BCUT2D eigenvalue weighted by molar-refractivity contribution is 6.07. The average Bonchev–Trinajstić information content (AvgIpc) is 3.75. The largest absolute Gasteiger partial charge is 0.344 e. The minimum atomic E-state index is -0.0847. The Morgan fingerprint density at radius 1 is 0.397 bits per heavy atom. The van der Waals surface area contributed by atoms with Gasteiger partial charge in [-0.1, -0.05) is 299 Å². The second-order valence-corrected chi connectivity index (χ2v) is 23.6. The van der Waals surface area contributed by atoms with Gasteiger partial charge in [0.15, 0.2) is 5.71 Å². The van der Waals surface area contributed by atoms with E-state index in [-0.39, 0.29) is 10.8 Å². The fraction of sp³-hybridized carbons (Fsp3) is 0.592. The standard InChI is InChI=1S/C71H105N2/c1-7-9-11-13-15-17-19-21-22-23-24-25-26-27-28-30-32-34-39-47-59-73-65-57-55-61-49-43-45-51-63(61)69(65)71(5,6)67(73)53-41-37-35-36-40-52-66-70(3,4)68-62-50-44-42-48-60(62)54-56-64(68)72(66)58-46-38-33-31-29-20-18-16-14-12-10-8-2/h35-37,40-45,48-57H,7-34,38-39,46-47,58-59H2,1-6H3/q+1. The molecule has 6 rings (SSSR count). The Balaban J connectivity index is 1.000. The maximum atomic E-state index is 2.66. The first-order valence-corrected chi connectivity index (χ1v) is 31.0. The maximum absolute atomic E-state index is 2.66. The van der Waals surface area contributed by atoms with E-state index in [2.05, 4.69) is 166 Å². The zero-order valence-electron chi connectivity index (χ0n) is 47.9. The van der Waals surface area contributed by atoms with Gasteiger partial charge in [-0.2, -0.15) is 4.58 Å². The molecule has 0 aliphatic carbocycles. The van der Waals surface area contributed by atoms with E-state index in [4.69, 9.17) is 0 Å². The van der Waals surface area contributed by atoms with Gasteiger partial charge in [0.1, 0.15) is 6.54 Å². The fourth-order valence-electron chi connectivity index (χ4n) is 12.7. The summed E-state index contributed by atoms with van der Waals surface area (Å²) in [6.07, 6.45) is 61.0. The lowest BCUT2D eigenvalue weighted by molar-refractivity contribution is -0.438. The van der Waals surface area contributed by atoms with Gasteiger partial charge in [-0.3, -0.25) is 0 Å². The SMILES string of the molecule is CCCCCCCCCCCCCCCCCCCCCC[N+]1=C(/C=C/C=C/C=C/C=C2\N(CCCCCCCCCCCCCC)c3ccc4ccccc4c3C2(C)C)C(C)(C)c2c1ccc1ccccc21. The molecule has 4 aromatic carbocycles. The molecular formula is C71H105N2+. The first-order valence-electron chi connectivity index (χ1n) is 31.0. The van der Waals surface area contributed by atoms with E-state index in [1.54, 1.807) is 0 Å². The molecule has 0 radical (unpaired) electrons. The Labute approximate surface area is 449 Å². The van der Waals surface area contributed by atoms with Crippen molar-refractivity contribution in [1.29, 1.82) is 0 Å². The number of anilines is 1. The summed E-state index contributed by atoms with van der Waals surface area (Å²) in [6.45, 7) is 16.5. The highest BCUT2D eigenvalue weighted by atomic mass is 15.2. The number of hydrogen-bond acceptors (Lipinski definition) is 1. The first kappa shape index (κ1) is 58.1. The molecule has 0 saturated heterocycles. The predicted molar refractivity (Wildman–Crippen MR) is 326 cm³/mol. The monoisotopic (exact) mass is 986 g/mol. The van der Waals surface area contributed by atoms with Gasteiger partial charge >= 0.3 is 0 Å². The van der Waals surface area contributed by atoms with Crippen LogP contribution in [-0.2, 0) is 10.8 Å². The second-order valence-electron chi connectivity index (χ2n) is 23.6. The third-order valence-electron chi connectivity index (χ3n) is 16.9. The van der Waals surface area contributed by atoms with Crippen LogP contribution in [0.5, 0.6) is 0 Å². The van der Waals surface area contributed by atoms with Crippen molar-refractivity contribution in [2.75, 3.05) is 18.0 Å². The normalized spacial score (nSPS) is 15.8. The van der Waals surface area contributed by atoms with Crippen LogP contribution in [0.3, 0.4) is 0 Å². The molecule has 2 aliphatic heterocycles. The number of unbranched alkanes of at least 4 members (excludes halogenated alkanes) is 30. The third-order valence-corrected chi connectivity index (χ3v) is 16.9. The minimum Gasteiger partial charge on any atom is -0.344 e. The molecule has 73 heavy (non-hydrogen) atoms. The number of fused-ring (bicyclic) bond motifs is 6. The summed E-state index contributed by atoms with van der Waals surface area (Å²) in [4.78, 5) is 2.66. The lowest BCUT2D eigenvalue weighted by Gasteiger charge is -2.27. The molecule has 398 valence electrons. The highest BCUT2D eigenvalue weighted by Crippen LogP contribution is 2.51. The smallest absolute Gasteiger partial charge is 0.210 e. The van der Waals surface area contributed by atoms with Crippen molar-refractivity contribution in [3.63, 3.8) is 0 Å². The van der Waals surface area contributed by atoms with Gasteiger partial charge in [0.05, 0.1) is 5.41 Å². The first-order chi connectivity index (χ1) is 35.8. The molecule has 2 nitrogen and oxygen atoms in total. The Bertz CT molecular complexity index is 2360.